The molecular weight excluding hydrogens is 388 g/mol. The minimum Gasteiger partial charge on any atom is -0.378 e. The van der Waals surface area contributed by atoms with Crippen LogP contribution in [0, 0.1) is 0 Å². The molecule has 1 aromatic heterocycles. The number of aromatic nitrogens is 2. The third-order valence-electron chi connectivity index (χ3n) is 4.98. The maximum Gasteiger partial charge on any atom is 0.263 e. The molecule has 7 nitrogen and oxygen atoms in total. The quantitative estimate of drug-likeness (QED) is 0.668. The molecule has 1 saturated heterocycles. The summed E-state index contributed by atoms with van der Waals surface area (Å²) in [5, 5.41) is 0. The van der Waals surface area contributed by atoms with Crippen molar-refractivity contribution in [1.29, 1.82) is 0 Å². The van der Waals surface area contributed by atoms with Gasteiger partial charge in [0.2, 0.25) is 0 Å². The van der Waals surface area contributed by atoms with Crippen molar-refractivity contribution in [3.8, 4) is 0 Å². The molecule has 0 radical (unpaired) electrons. The van der Waals surface area contributed by atoms with E-state index in [2.05, 4.69) is 14.6 Å². The summed E-state index contributed by atoms with van der Waals surface area (Å²) in [6.45, 7) is 4.16. The van der Waals surface area contributed by atoms with Gasteiger partial charge in [-0.1, -0.05) is 30.3 Å². The predicted molar refractivity (Wildman–Crippen MR) is 114 cm³/mol. The number of hydrogen-bond donors (Lipinski definition) is 1. The SMILES string of the molecule is CCOC1CCN(c2nc3ccccc3nc2NS(=O)(=O)c2ccccc2)CC1. The summed E-state index contributed by atoms with van der Waals surface area (Å²) >= 11 is 0. The molecule has 0 unspecified atom stereocenters. The van der Waals surface area contributed by atoms with Gasteiger partial charge in [-0.2, -0.15) is 0 Å². The van der Waals surface area contributed by atoms with E-state index in [-0.39, 0.29) is 16.8 Å². The van der Waals surface area contributed by atoms with Crippen LogP contribution in [-0.2, 0) is 14.8 Å². The van der Waals surface area contributed by atoms with Crippen LogP contribution in [0.2, 0.25) is 0 Å². The third kappa shape index (κ3) is 4.33. The molecule has 0 spiro atoms. The lowest BCUT2D eigenvalue weighted by Crippen LogP contribution is -2.38. The molecule has 1 aliphatic heterocycles. The third-order valence-corrected chi connectivity index (χ3v) is 6.34. The number of para-hydroxylation sites is 2. The van der Waals surface area contributed by atoms with Crippen LogP contribution in [0.25, 0.3) is 11.0 Å². The van der Waals surface area contributed by atoms with Crippen molar-refractivity contribution in [2.24, 2.45) is 0 Å². The van der Waals surface area contributed by atoms with Crippen LogP contribution in [0.4, 0.5) is 11.6 Å². The summed E-state index contributed by atoms with van der Waals surface area (Å²) < 4.78 is 34.2. The van der Waals surface area contributed by atoms with Crippen molar-refractivity contribution >= 4 is 32.7 Å². The molecular formula is C21H24N4O3S. The van der Waals surface area contributed by atoms with Crippen molar-refractivity contribution < 1.29 is 13.2 Å². The molecule has 3 aromatic rings. The van der Waals surface area contributed by atoms with Gasteiger partial charge in [0.15, 0.2) is 11.6 Å². The summed E-state index contributed by atoms with van der Waals surface area (Å²) in [5.74, 6) is 0.806. The molecule has 0 saturated carbocycles. The second kappa shape index (κ2) is 8.34. The van der Waals surface area contributed by atoms with E-state index in [0.29, 0.717) is 17.9 Å². The molecule has 8 heteroatoms. The van der Waals surface area contributed by atoms with Gasteiger partial charge in [-0.15, -0.1) is 0 Å². The van der Waals surface area contributed by atoms with E-state index in [1.165, 1.54) is 0 Å². The Morgan fingerprint density at radius 1 is 1.00 bits per heavy atom. The van der Waals surface area contributed by atoms with Crippen molar-refractivity contribution in [2.45, 2.75) is 30.8 Å². The fraction of sp³-hybridized carbons (Fsp3) is 0.333. The molecule has 1 N–H and O–H groups in total. The van der Waals surface area contributed by atoms with Gasteiger partial charge in [0, 0.05) is 19.7 Å². The second-order valence-corrected chi connectivity index (χ2v) is 8.63. The van der Waals surface area contributed by atoms with Gasteiger partial charge >= 0.3 is 0 Å². The van der Waals surface area contributed by atoms with Crippen LogP contribution in [-0.4, -0.2) is 44.2 Å². The highest BCUT2D eigenvalue weighted by molar-refractivity contribution is 7.92. The highest BCUT2D eigenvalue weighted by Crippen LogP contribution is 2.29. The Balaban J connectivity index is 1.70. The summed E-state index contributed by atoms with van der Waals surface area (Å²) in [5.41, 5.74) is 1.38. The van der Waals surface area contributed by atoms with Gasteiger partial charge in [-0.05, 0) is 44.0 Å². The fourth-order valence-electron chi connectivity index (χ4n) is 3.54. The number of benzene rings is 2. The first kappa shape index (κ1) is 19.6. The predicted octanol–water partition coefficient (Wildman–Crippen LogP) is 3.44. The number of hydrogen-bond acceptors (Lipinski definition) is 6. The van der Waals surface area contributed by atoms with Gasteiger partial charge < -0.3 is 9.64 Å². The van der Waals surface area contributed by atoms with E-state index >= 15 is 0 Å². The first-order valence-electron chi connectivity index (χ1n) is 9.78. The van der Waals surface area contributed by atoms with Crippen molar-refractivity contribution in [2.75, 3.05) is 29.3 Å². The van der Waals surface area contributed by atoms with Gasteiger partial charge in [-0.25, -0.2) is 18.4 Å². The largest absolute Gasteiger partial charge is 0.378 e. The van der Waals surface area contributed by atoms with E-state index in [1.807, 2.05) is 31.2 Å². The van der Waals surface area contributed by atoms with Crippen LogP contribution < -0.4 is 9.62 Å². The number of piperidine rings is 1. The lowest BCUT2D eigenvalue weighted by Gasteiger charge is -2.33. The summed E-state index contributed by atoms with van der Waals surface area (Å²) in [6.07, 6.45) is 1.97. The zero-order chi connectivity index (χ0) is 20.3. The molecule has 0 amide bonds. The number of anilines is 2. The highest BCUT2D eigenvalue weighted by Gasteiger charge is 2.25. The van der Waals surface area contributed by atoms with Gasteiger partial charge in [0.25, 0.3) is 10.0 Å². The molecule has 1 aliphatic rings. The van der Waals surface area contributed by atoms with E-state index in [9.17, 15) is 8.42 Å². The first-order chi connectivity index (χ1) is 14.1. The summed E-state index contributed by atoms with van der Waals surface area (Å²) in [7, 11) is -3.77. The molecule has 2 aromatic carbocycles. The highest BCUT2D eigenvalue weighted by atomic mass is 32.2. The Labute approximate surface area is 170 Å². The zero-order valence-corrected chi connectivity index (χ0v) is 17.1. The Kier molecular flexibility index (Phi) is 5.64. The van der Waals surface area contributed by atoms with E-state index in [1.54, 1.807) is 30.3 Å². The maximum atomic E-state index is 12.9. The van der Waals surface area contributed by atoms with Crippen LogP contribution in [0.1, 0.15) is 19.8 Å². The monoisotopic (exact) mass is 412 g/mol. The van der Waals surface area contributed by atoms with Gasteiger partial charge in [0.05, 0.1) is 22.0 Å². The smallest absolute Gasteiger partial charge is 0.263 e. The zero-order valence-electron chi connectivity index (χ0n) is 16.3. The van der Waals surface area contributed by atoms with Crippen LogP contribution in [0.3, 0.4) is 0 Å². The molecule has 2 heterocycles. The normalized spacial score (nSPS) is 15.6. The number of nitrogens with one attached hydrogen (secondary N) is 1. The van der Waals surface area contributed by atoms with Crippen LogP contribution in [0.15, 0.2) is 59.5 Å². The van der Waals surface area contributed by atoms with E-state index < -0.39 is 10.0 Å². The van der Waals surface area contributed by atoms with Crippen molar-refractivity contribution in [3.63, 3.8) is 0 Å². The molecule has 0 bridgehead atoms. The minimum atomic E-state index is -3.77. The second-order valence-electron chi connectivity index (χ2n) is 6.94. The van der Waals surface area contributed by atoms with Crippen molar-refractivity contribution in [1.82, 2.24) is 9.97 Å². The Morgan fingerprint density at radius 3 is 2.28 bits per heavy atom. The lowest BCUT2D eigenvalue weighted by molar-refractivity contribution is 0.0458. The van der Waals surface area contributed by atoms with E-state index in [4.69, 9.17) is 9.72 Å². The Bertz CT molecular complexity index is 1080. The Hall–Kier alpha value is -2.71. The average Bonchev–Trinajstić information content (AvgIpc) is 2.74. The Morgan fingerprint density at radius 2 is 1.62 bits per heavy atom. The van der Waals surface area contributed by atoms with Crippen LogP contribution >= 0.6 is 0 Å². The summed E-state index contributed by atoms with van der Waals surface area (Å²) in [6, 6.07) is 15.8. The van der Waals surface area contributed by atoms with E-state index in [0.717, 1.165) is 31.4 Å². The number of rotatable bonds is 6. The standard InChI is InChI=1S/C21H24N4O3S/c1-2-28-16-12-14-25(15-13-16)21-20(22-18-10-6-7-11-19(18)23-21)24-29(26,27)17-8-4-3-5-9-17/h3-11,16H,2,12-15H2,1H3,(H,22,24). The molecule has 0 aliphatic carbocycles. The average molecular weight is 413 g/mol. The van der Waals surface area contributed by atoms with Gasteiger partial charge in [0.1, 0.15) is 0 Å². The summed E-state index contributed by atoms with van der Waals surface area (Å²) in [4.78, 5) is 11.6. The lowest BCUT2D eigenvalue weighted by atomic mass is 10.1. The molecule has 152 valence electrons. The minimum absolute atomic E-state index is 0.191. The maximum absolute atomic E-state index is 12.9. The van der Waals surface area contributed by atoms with Crippen molar-refractivity contribution in [3.05, 3.63) is 54.6 Å². The molecule has 1 fully saturated rings. The number of ether oxygens (including phenoxy) is 1. The number of nitrogens with zero attached hydrogens (tertiary/aromatic N) is 3. The van der Waals surface area contributed by atoms with Crippen LogP contribution in [0.5, 0.6) is 0 Å². The fourth-order valence-corrected chi connectivity index (χ4v) is 4.56. The molecule has 29 heavy (non-hydrogen) atoms. The molecule has 0 atom stereocenters. The first-order valence-corrected chi connectivity index (χ1v) is 11.3. The molecule has 4 rings (SSSR count). The number of sulfonamides is 1. The topological polar surface area (TPSA) is 84.4 Å². The number of fused-ring (bicyclic) bond motifs is 1. The van der Waals surface area contributed by atoms with Gasteiger partial charge in [-0.3, -0.25) is 4.72 Å².